The van der Waals surface area contributed by atoms with Crippen LogP contribution in [0.1, 0.15) is 23.1 Å². The number of carboxylic acid groups (broad SMARTS) is 1. The summed E-state index contributed by atoms with van der Waals surface area (Å²) in [5.41, 5.74) is 2.63. The Labute approximate surface area is 205 Å². The van der Waals surface area contributed by atoms with Gasteiger partial charge in [-0.05, 0) is 23.1 Å². The van der Waals surface area contributed by atoms with Crippen LogP contribution in [-0.2, 0) is 42.7 Å². The molecular weight excluding hydrogens is 465 g/mol. The smallest absolute Gasteiger partial charge is 0.332 e. The molecule has 0 heterocycles. The molecule has 0 saturated heterocycles. The lowest BCUT2D eigenvalue weighted by Crippen LogP contribution is -2.38. The Morgan fingerprint density at radius 3 is 1.94 bits per heavy atom. The molecule has 1 unspecified atom stereocenters. The highest BCUT2D eigenvalue weighted by atomic mass is 31.2. The molecule has 8 heteroatoms. The Morgan fingerprint density at radius 2 is 1.37 bits per heavy atom. The van der Waals surface area contributed by atoms with Gasteiger partial charge in [-0.1, -0.05) is 91.0 Å². The first-order valence-electron chi connectivity index (χ1n) is 11.5. The van der Waals surface area contributed by atoms with Crippen molar-refractivity contribution >= 4 is 19.5 Å². The van der Waals surface area contributed by atoms with Crippen molar-refractivity contribution in [2.45, 2.75) is 32.0 Å². The maximum Gasteiger partial charge on any atom is 0.332 e. The van der Waals surface area contributed by atoms with Crippen molar-refractivity contribution in [2.75, 3.05) is 12.7 Å². The largest absolute Gasteiger partial charge is 0.481 e. The molecule has 0 spiro atoms. The third kappa shape index (κ3) is 9.49. The van der Waals surface area contributed by atoms with Crippen molar-refractivity contribution in [1.29, 1.82) is 0 Å². The number of hydrogen-bond acceptors (Lipinski definition) is 5. The van der Waals surface area contributed by atoms with Gasteiger partial charge >= 0.3 is 13.6 Å². The lowest BCUT2D eigenvalue weighted by Gasteiger charge is -2.25. The highest BCUT2D eigenvalue weighted by molar-refractivity contribution is 7.53. The normalized spacial score (nSPS) is 13.5. The molecule has 3 aromatic rings. The minimum atomic E-state index is -3.73. The van der Waals surface area contributed by atoms with Gasteiger partial charge in [0.05, 0.1) is 19.2 Å². The Hall–Kier alpha value is -3.25. The van der Waals surface area contributed by atoms with Crippen LogP contribution in [0.3, 0.4) is 0 Å². The van der Waals surface area contributed by atoms with Crippen LogP contribution >= 0.6 is 7.60 Å². The molecule has 0 aromatic heterocycles. The van der Waals surface area contributed by atoms with Crippen LogP contribution in [0.4, 0.5) is 0 Å². The molecule has 0 aliphatic heterocycles. The van der Waals surface area contributed by atoms with E-state index in [0.29, 0.717) is 6.42 Å². The van der Waals surface area contributed by atoms with Gasteiger partial charge in [-0.3, -0.25) is 18.7 Å². The molecule has 0 aliphatic carbocycles. The van der Waals surface area contributed by atoms with E-state index in [1.54, 1.807) is 0 Å². The van der Waals surface area contributed by atoms with E-state index in [4.69, 9.17) is 14.2 Å². The molecule has 184 valence electrons. The molecule has 2 atom stereocenters. The molecule has 0 bridgehead atoms. The Kier molecular flexibility index (Phi) is 10.2. The average molecular weight is 496 g/mol. The van der Waals surface area contributed by atoms with Gasteiger partial charge in [0.1, 0.15) is 6.10 Å². The summed E-state index contributed by atoms with van der Waals surface area (Å²) in [4.78, 5) is 23.8. The van der Waals surface area contributed by atoms with Crippen molar-refractivity contribution in [3.8, 4) is 0 Å². The van der Waals surface area contributed by atoms with Gasteiger partial charge in [-0.15, -0.1) is 0 Å². The highest BCUT2D eigenvalue weighted by Crippen LogP contribution is 2.51. The number of carbonyl (C=O) groups is 2. The second kappa shape index (κ2) is 13.6. The fourth-order valence-electron chi connectivity index (χ4n) is 3.41. The van der Waals surface area contributed by atoms with Crippen molar-refractivity contribution < 1.29 is 28.3 Å². The molecular formula is C27H30NO6P. The van der Waals surface area contributed by atoms with E-state index in [1.807, 2.05) is 91.0 Å². The molecule has 0 fully saturated rings. The lowest BCUT2D eigenvalue weighted by molar-refractivity contribution is -0.137. The van der Waals surface area contributed by atoms with Crippen LogP contribution in [0.2, 0.25) is 0 Å². The first-order chi connectivity index (χ1) is 16.9. The summed E-state index contributed by atoms with van der Waals surface area (Å²) in [5, 5.41) is 11.5. The molecule has 35 heavy (non-hydrogen) atoms. The van der Waals surface area contributed by atoms with E-state index in [0.717, 1.165) is 16.7 Å². The first-order valence-corrected chi connectivity index (χ1v) is 13.2. The maximum atomic E-state index is 13.9. The zero-order valence-electron chi connectivity index (χ0n) is 19.4. The summed E-state index contributed by atoms with van der Waals surface area (Å²) in [6.07, 6.45) is -0.615. The van der Waals surface area contributed by atoms with Crippen LogP contribution in [0.15, 0.2) is 91.0 Å². The van der Waals surface area contributed by atoms with Gasteiger partial charge in [-0.2, -0.15) is 0 Å². The van der Waals surface area contributed by atoms with Crippen molar-refractivity contribution in [3.05, 3.63) is 108 Å². The molecule has 0 saturated carbocycles. The number of carboxylic acids is 1. The van der Waals surface area contributed by atoms with E-state index in [9.17, 15) is 14.2 Å². The second-order valence-electron chi connectivity index (χ2n) is 8.05. The number of nitrogens with one attached hydrogen (secondary N) is 1. The van der Waals surface area contributed by atoms with Crippen LogP contribution in [0, 0.1) is 0 Å². The highest BCUT2D eigenvalue weighted by Gasteiger charge is 2.33. The van der Waals surface area contributed by atoms with Crippen molar-refractivity contribution in [1.82, 2.24) is 5.32 Å². The van der Waals surface area contributed by atoms with Crippen LogP contribution in [0.25, 0.3) is 0 Å². The Morgan fingerprint density at radius 1 is 0.829 bits per heavy atom. The standard InChI is InChI=1S/C27H30NO6P/c29-26(30)16-18-28-27(31)25(20-23-12-6-2-7-13-23)34-35(32,19-17-22-10-4-1-5-11-22)33-21-24-14-8-3-9-15-24/h1-15,25H,16-21H2,(H,28,31)(H,29,30)/t25-,35?/m0/s1. The predicted octanol–water partition coefficient (Wildman–Crippen LogP) is 4.86. The Balaban J connectivity index is 1.78. The van der Waals surface area contributed by atoms with Gasteiger partial charge in [0.2, 0.25) is 5.91 Å². The van der Waals surface area contributed by atoms with Gasteiger partial charge in [0, 0.05) is 13.0 Å². The molecule has 3 rings (SSSR count). The maximum absolute atomic E-state index is 13.9. The molecule has 7 nitrogen and oxygen atoms in total. The minimum Gasteiger partial charge on any atom is -0.481 e. The Bertz CT molecular complexity index is 1060. The number of carbonyl (C=O) groups excluding carboxylic acids is 1. The van der Waals surface area contributed by atoms with Gasteiger partial charge in [0.25, 0.3) is 0 Å². The topological polar surface area (TPSA) is 102 Å². The summed E-state index contributed by atoms with van der Waals surface area (Å²) >= 11 is 0. The van der Waals surface area contributed by atoms with Gasteiger partial charge in [-0.25, -0.2) is 0 Å². The number of aliphatic carboxylic acids is 1. The summed E-state index contributed by atoms with van der Waals surface area (Å²) in [7, 11) is -3.73. The third-order valence-corrected chi connectivity index (χ3v) is 7.14. The number of rotatable bonds is 14. The number of amides is 1. The molecule has 1 amide bonds. The molecule has 0 aliphatic rings. The first kappa shape index (κ1) is 26.4. The summed E-state index contributed by atoms with van der Waals surface area (Å²) in [6, 6.07) is 28.2. The van der Waals surface area contributed by atoms with Crippen LogP contribution in [-0.4, -0.2) is 35.8 Å². The van der Waals surface area contributed by atoms with E-state index in [2.05, 4.69) is 5.32 Å². The molecule has 2 N–H and O–H groups in total. The second-order valence-corrected chi connectivity index (χ2v) is 10.2. The van der Waals surface area contributed by atoms with Gasteiger partial charge < -0.3 is 14.9 Å². The van der Waals surface area contributed by atoms with E-state index in [1.165, 1.54) is 0 Å². The fraction of sp³-hybridized carbons (Fsp3) is 0.259. The summed E-state index contributed by atoms with van der Waals surface area (Å²) in [6.45, 7) is 0.0214. The van der Waals surface area contributed by atoms with E-state index < -0.39 is 25.6 Å². The summed E-state index contributed by atoms with van der Waals surface area (Å²) < 4.78 is 25.8. The van der Waals surface area contributed by atoms with Crippen molar-refractivity contribution in [3.63, 3.8) is 0 Å². The minimum absolute atomic E-state index is 0.0536. The number of hydrogen-bond donors (Lipinski definition) is 2. The SMILES string of the molecule is O=C(O)CCNC(=O)[C@H](Cc1ccccc1)OP(=O)(CCc1ccccc1)OCc1ccccc1. The lowest BCUT2D eigenvalue weighted by atomic mass is 10.1. The van der Waals surface area contributed by atoms with Crippen molar-refractivity contribution in [2.24, 2.45) is 0 Å². The molecule has 3 aromatic carbocycles. The van der Waals surface area contributed by atoms with E-state index >= 15 is 0 Å². The van der Waals surface area contributed by atoms with Crippen LogP contribution in [0.5, 0.6) is 0 Å². The fourth-order valence-corrected chi connectivity index (χ4v) is 5.14. The van der Waals surface area contributed by atoms with Crippen LogP contribution < -0.4 is 5.32 Å². The quantitative estimate of drug-likeness (QED) is 0.310. The third-order valence-electron chi connectivity index (χ3n) is 5.27. The zero-order valence-corrected chi connectivity index (χ0v) is 20.3. The monoisotopic (exact) mass is 495 g/mol. The van der Waals surface area contributed by atoms with Gasteiger partial charge in [0.15, 0.2) is 0 Å². The number of benzene rings is 3. The number of aryl methyl sites for hydroxylation is 1. The molecule has 0 radical (unpaired) electrons. The van der Waals surface area contributed by atoms with E-state index in [-0.39, 0.29) is 32.2 Å². The average Bonchev–Trinajstić information content (AvgIpc) is 2.88. The predicted molar refractivity (Wildman–Crippen MR) is 134 cm³/mol. The zero-order chi connectivity index (χ0) is 24.9. The summed E-state index contributed by atoms with van der Waals surface area (Å²) in [5.74, 6) is -1.55.